The third-order valence-corrected chi connectivity index (χ3v) is 3.85. The van der Waals surface area contributed by atoms with Crippen molar-refractivity contribution in [2.45, 2.75) is 26.4 Å². The van der Waals surface area contributed by atoms with E-state index in [0.717, 1.165) is 30.6 Å². The Labute approximate surface area is 91.1 Å². The van der Waals surface area contributed by atoms with Gasteiger partial charge >= 0.3 is 0 Å². The van der Waals surface area contributed by atoms with Gasteiger partial charge in [0.2, 0.25) is 0 Å². The van der Waals surface area contributed by atoms with Crippen LogP contribution in [0.1, 0.15) is 24.5 Å². The van der Waals surface area contributed by atoms with Gasteiger partial charge in [-0.05, 0) is 35.4 Å². The zero-order valence-corrected chi connectivity index (χ0v) is 9.24. The summed E-state index contributed by atoms with van der Waals surface area (Å²) in [5, 5.41) is 0. The fourth-order valence-corrected chi connectivity index (χ4v) is 2.63. The molecule has 15 heavy (non-hydrogen) atoms. The fourth-order valence-electron chi connectivity index (χ4n) is 2.63. The first kappa shape index (κ1) is 9.22. The van der Waals surface area contributed by atoms with Crippen LogP contribution < -0.4 is 5.73 Å². The second kappa shape index (κ2) is 3.24. The summed E-state index contributed by atoms with van der Waals surface area (Å²) < 4.78 is 0. The van der Waals surface area contributed by atoms with Crippen molar-refractivity contribution >= 4 is 5.69 Å². The molecule has 1 aliphatic carbocycles. The summed E-state index contributed by atoms with van der Waals surface area (Å²) in [6.07, 6.45) is 1.42. The number of hydrogen-bond donors (Lipinski definition) is 1. The van der Waals surface area contributed by atoms with Gasteiger partial charge in [-0.2, -0.15) is 0 Å². The molecule has 0 saturated heterocycles. The molecule has 2 N–H and O–H groups in total. The van der Waals surface area contributed by atoms with Crippen LogP contribution in [0, 0.1) is 11.8 Å². The van der Waals surface area contributed by atoms with Crippen LogP contribution in [-0.4, -0.2) is 11.4 Å². The molecule has 1 heterocycles. The molecule has 2 unspecified atom stereocenters. The first-order valence-electron chi connectivity index (χ1n) is 5.82. The minimum atomic E-state index is 0.945. The molecule has 2 nitrogen and oxygen atoms in total. The summed E-state index contributed by atoms with van der Waals surface area (Å²) in [6, 6.07) is 6.29. The van der Waals surface area contributed by atoms with Gasteiger partial charge in [-0.3, -0.25) is 4.90 Å². The van der Waals surface area contributed by atoms with Crippen molar-refractivity contribution in [2.75, 3.05) is 12.3 Å². The van der Waals surface area contributed by atoms with Crippen LogP contribution >= 0.6 is 0 Å². The number of nitrogen functional groups attached to an aromatic ring is 1. The number of rotatable bonds is 2. The van der Waals surface area contributed by atoms with Gasteiger partial charge in [0.25, 0.3) is 0 Å². The summed E-state index contributed by atoms with van der Waals surface area (Å²) >= 11 is 0. The van der Waals surface area contributed by atoms with Gasteiger partial charge in [-0.1, -0.05) is 19.1 Å². The fraction of sp³-hybridized carbons (Fsp3) is 0.538. The summed E-state index contributed by atoms with van der Waals surface area (Å²) in [4.78, 5) is 2.54. The standard InChI is InChI=1S/C13H18N2/c1-9-5-11(9)7-15-6-10-3-2-4-13(14)12(10)8-15/h2-4,9,11H,5-8,14H2,1H3. The zero-order chi connectivity index (χ0) is 10.4. The van der Waals surface area contributed by atoms with E-state index >= 15 is 0 Å². The number of benzene rings is 1. The Kier molecular flexibility index (Phi) is 1.99. The van der Waals surface area contributed by atoms with Crippen molar-refractivity contribution < 1.29 is 0 Å². The van der Waals surface area contributed by atoms with Gasteiger partial charge in [0.15, 0.2) is 0 Å². The average Bonchev–Trinajstić information content (AvgIpc) is 2.75. The highest BCUT2D eigenvalue weighted by atomic mass is 15.1. The van der Waals surface area contributed by atoms with E-state index in [1.807, 2.05) is 6.07 Å². The lowest BCUT2D eigenvalue weighted by molar-refractivity contribution is 0.268. The normalized spacial score (nSPS) is 29.1. The van der Waals surface area contributed by atoms with Gasteiger partial charge in [0, 0.05) is 25.3 Å². The molecule has 0 radical (unpaired) electrons. The van der Waals surface area contributed by atoms with Crippen molar-refractivity contribution in [3.63, 3.8) is 0 Å². The van der Waals surface area contributed by atoms with Crippen LogP contribution in [0.4, 0.5) is 5.69 Å². The predicted octanol–water partition coefficient (Wildman–Crippen LogP) is 2.24. The molecule has 3 rings (SSSR count). The monoisotopic (exact) mass is 202 g/mol. The number of nitrogens with two attached hydrogens (primary N) is 1. The maximum atomic E-state index is 5.98. The molecular formula is C13H18N2. The van der Waals surface area contributed by atoms with E-state index in [1.165, 1.54) is 24.1 Å². The van der Waals surface area contributed by atoms with Crippen molar-refractivity contribution in [3.05, 3.63) is 29.3 Å². The van der Waals surface area contributed by atoms with Crippen molar-refractivity contribution in [1.29, 1.82) is 0 Å². The van der Waals surface area contributed by atoms with E-state index in [4.69, 9.17) is 5.73 Å². The Morgan fingerprint density at radius 3 is 2.87 bits per heavy atom. The number of fused-ring (bicyclic) bond motifs is 1. The molecule has 2 atom stereocenters. The zero-order valence-electron chi connectivity index (χ0n) is 9.24. The Morgan fingerprint density at radius 2 is 2.20 bits per heavy atom. The van der Waals surface area contributed by atoms with Crippen LogP contribution in [0.25, 0.3) is 0 Å². The van der Waals surface area contributed by atoms with Crippen LogP contribution in [-0.2, 0) is 13.1 Å². The second-order valence-electron chi connectivity index (χ2n) is 5.13. The molecule has 80 valence electrons. The molecular weight excluding hydrogens is 184 g/mol. The Balaban J connectivity index is 1.72. The molecule has 2 aliphatic rings. The summed E-state index contributed by atoms with van der Waals surface area (Å²) in [7, 11) is 0. The predicted molar refractivity (Wildman–Crippen MR) is 62.2 cm³/mol. The van der Waals surface area contributed by atoms with Crippen molar-refractivity contribution in [3.8, 4) is 0 Å². The van der Waals surface area contributed by atoms with Crippen LogP contribution in [0.2, 0.25) is 0 Å². The third kappa shape index (κ3) is 1.63. The quantitative estimate of drug-likeness (QED) is 0.745. The number of nitrogens with zero attached hydrogens (tertiary/aromatic N) is 1. The molecule has 0 bridgehead atoms. The lowest BCUT2D eigenvalue weighted by Gasteiger charge is -2.13. The molecule has 2 heteroatoms. The Morgan fingerprint density at radius 1 is 1.40 bits per heavy atom. The van der Waals surface area contributed by atoms with E-state index in [2.05, 4.69) is 24.0 Å². The van der Waals surface area contributed by atoms with E-state index in [9.17, 15) is 0 Å². The van der Waals surface area contributed by atoms with Gasteiger partial charge in [0.1, 0.15) is 0 Å². The molecule has 0 aromatic heterocycles. The lowest BCUT2D eigenvalue weighted by Crippen LogP contribution is -2.19. The smallest absolute Gasteiger partial charge is 0.0363 e. The molecule has 0 amide bonds. The van der Waals surface area contributed by atoms with Gasteiger partial charge in [-0.25, -0.2) is 0 Å². The van der Waals surface area contributed by atoms with E-state index in [-0.39, 0.29) is 0 Å². The largest absolute Gasteiger partial charge is 0.398 e. The van der Waals surface area contributed by atoms with Gasteiger partial charge < -0.3 is 5.73 Å². The summed E-state index contributed by atoms with van der Waals surface area (Å²) in [5.41, 5.74) is 9.75. The van der Waals surface area contributed by atoms with Gasteiger partial charge in [0.05, 0.1) is 0 Å². The number of anilines is 1. The SMILES string of the molecule is CC1CC1CN1Cc2cccc(N)c2C1. The van der Waals surface area contributed by atoms with E-state index in [1.54, 1.807) is 0 Å². The number of hydrogen-bond acceptors (Lipinski definition) is 2. The minimum Gasteiger partial charge on any atom is -0.398 e. The highest BCUT2D eigenvalue weighted by molar-refractivity contribution is 5.52. The van der Waals surface area contributed by atoms with E-state index < -0.39 is 0 Å². The molecule has 1 aromatic rings. The summed E-state index contributed by atoms with van der Waals surface area (Å²) in [6.45, 7) is 5.77. The van der Waals surface area contributed by atoms with Crippen LogP contribution in [0.3, 0.4) is 0 Å². The Bertz CT molecular complexity index is 386. The first-order valence-corrected chi connectivity index (χ1v) is 5.82. The first-order chi connectivity index (χ1) is 7.24. The molecule has 1 fully saturated rings. The lowest BCUT2D eigenvalue weighted by atomic mass is 10.1. The van der Waals surface area contributed by atoms with Crippen LogP contribution in [0.5, 0.6) is 0 Å². The highest BCUT2D eigenvalue weighted by Gasteiger charge is 2.35. The maximum Gasteiger partial charge on any atom is 0.0363 e. The summed E-state index contributed by atoms with van der Waals surface area (Å²) in [5.74, 6) is 1.89. The third-order valence-electron chi connectivity index (χ3n) is 3.85. The van der Waals surface area contributed by atoms with Crippen molar-refractivity contribution in [2.24, 2.45) is 11.8 Å². The topological polar surface area (TPSA) is 29.3 Å². The van der Waals surface area contributed by atoms with E-state index in [0.29, 0.717) is 0 Å². The van der Waals surface area contributed by atoms with Crippen molar-refractivity contribution in [1.82, 2.24) is 4.90 Å². The molecule has 1 aromatic carbocycles. The minimum absolute atomic E-state index is 0.945. The second-order valence-corrected chi connectivity index (χ2v) is 5.13. The Hall–Kier alpha value is -1.02. The molecule has 1 saturated carbocycles. The highest BCUT2D eigenvalue weighted by Crippen LogP contribution is 2.40. The molecule has 1 aliphatic heterocycles. The maximum absolute atomic E-state index is 5.98. The van der Waals surface area contributed by atoms with Gasteiger partial charge in [-0.15, -0.1) is 0 Å². The average molecular weight is 202 g/mol. The van der Waals surface area contributed by atoms with Crippen LogP contribution in [0.15, 0.2) is 18.2 Å². The molecule has 0 spiro atoms.